The number of urea groups is 1. The molecule has 7 heteroatoms. The minimum absolute atomic E-state index is 0.124. The third kappa shape index (κ3) is 3.88. The molecule has 2 bridgehead atoms. The van der Waals surface area contributed by atoms with Crippen molar-refractivity contribution < 1.29 is 19.1 Å². The summed E-state index contributed by atoms with van der Waals surface area (Å²) in [7, 11) is 1.59. The summed E-state index contributed by atoms with van der Waals surface area (Å²) in [6, 6.07) is 4.73. The van der Waals surface area contributed by atoms with Crippen LogP contribution in [-0.4, -0.2) is 49.0 Å². The van der Waals surface area contributed by atoms with Gasteiger partial charge in [0.1, 0.15) is 0 Å². The number of anilines is 1. The van der Waals surface area contributed by atoms with Crippen molar-refractivity contribution in [3.05, 3.63) is 29.3 Å². The van der Waals surface area contributed by atoms with Crippen molar-refractivity contribution in [1.29, 1.82) is 0 Å². The number of hydrogen-bond donors (Lipinski definition) is 2. The summed E-state index contributed by atoms with van der Waals surface area (Å²) in [6.45, 7) is 2.89. The van der Waals surface area contributed by atoms with Gasteiger partial charge in [-0.15, -0.1) is 0 Å². The van der Waals surface area contributed by atoms with Crippen LogP contribution in [-0.2, 0) is 4.74 Å². The van der Waals surface area contributed by atoms with E-state index in [0.717, 1.165) is 11.8 Å². The number of ether oxygens (including phenoxy) is 1. The average Bonchev–Trinajstić information content (AvgIpc) is 3.39. The van der Waals surface area contributed by atoms with Gasteiger partial charge < -0.3 is 15.4 Å². The molecule has 1 heterocycles. The highest BCUT2D eigenvalue weighted by Crippen LogP contribution is 2.49. The van der Waals surface area contributed by atoms with Crippen molar-refractivity contribution in [1.82, 2.24) is 10.2 Å². The van der Waals surface area contributed by atoms with Crippen molar-refractivity contribution >= 4 is 23.5 Å². The van der Waals surface area contributed by atoms with Crippen LogP contribution in [0.25, 0.3) is 0 Å². The topological polar surface area (TPSA) is 87.7 Å². The minimum Gasteiger partial charge on any atom is -0.385 e. The Morgan fingerprint density at radius 1 is 1.21 bits per heavy atom. The summed E-state index contributed by atoms with van der Waals surface area (Å²) in [4.78, 5) is 38.8. The first-order valence-corrected chi connectivity index (χ1v) is 10.5. The molecule has 2 saturated carbocycles. The van der Waals surface area contributed by atoms with Gasteiger partial charge in [-0.3, -0.25) is 14.5 Å². The second-order valence-electron chi connectivity index (χ2n) is 8.59. The van der Waals surface area contributed by atoms with E-state index >= 15 is 0 Å². The van der Waals surface area contributed by atoms with Gasteiger partial charge in [0.15, 0.2) is 0 Å². The second-order valence-corrected chi connectivity index (χ2v) is 8.59. The van der Waals surface area contributed by atoms with Gasteiger partial charge in [0.25, 0.3) is 11.8 Å². The highest BCUT2D eigenvalue weighted by Gasteiger charge is 2.42. The van der Waals surface area contributed by atoms with Crippen molar-refractivity contribution in [2.24, 2.45) is 17.8 Å². The molecule has 2 N–H and O–H groups in total. The summed E-state index contributed by atoms with van der Waals surface area (Å²) in [6.07, 6.45) is 5.73. The molecule has 4 atom stereocenters. The Balaban J connectivity index is 1.36. The number of hydrogen-bond acceptors (Lipinski definition) is 4. The molecular formula is C22H29N3O4. The SMILES string of the molecule is COCCCN1C(=O)c2ccc(NC(=O)NC(C)C3CC4CCC3C4)cc2C1=O. The summed E-state index contributed by atoms with van der Waals surface area (Å²) >= 11 is 0. The first kappa shape index (κ1) is 19.9. The van der Waals surface area contributed by atoms with Gasteiger partial charge in [-0.05, 0) is 68.6 Å². The highest BCUT2D eigenvalue weighted by atomic mass is 16.5. The van der Waals surface area contributed by atoms with E-state index in [2.05, 4.69) is 17.6 Å². The summed E-state index contributed by atoms with van der Waals surface area (Å²) in [5.41, 5.74) is 1.24. The molecule has 1 aromatic carbocycles. The smallest absolute Gasteiger partial charge is 0.319 e. The summed E-state index contributed by atoms with van der Waals surface area (Å²) in [5.74, 6) is 1.52. The zero-order valence-electron chi connectivity index (χ0n) is 17.1. The molecular weight excluding hydrogens is 370 g/mol. The van der Waals surface area contributed by atoms with Gasteiger partial charge >= 0.3 is 6.03 Å². The first-order valence-electron chi connectivity index (χ1n) is 10.5. The molecule has 0 radical (unpaired) electrons. The number of benzene rings is 1. The molecule has 2 aliphatic carbocycles. The van der Waals surface area contributed by atoms with Crippen molar-refractivity contribution in [2.45, 2.75) is 45.1 Å². The maximum Gasteiger partial charge on any atom is 0.319 e. The molecule has 4 rings (SSSR count). The van der Waals surface area contributed by atoms with Crippen LogP contribution in [0, 0.1) is 17.8 Å². The van der Waals surface area contributed by atoms with Crippen molar-refractivity contribution in [2.75, 3.05) is 25.6 Å². The molecule has 0 saturated heterocycles. The van der Waals surface area contributed by atoms with Gasteiger partial charge in [0, 0.05) is 32.0 Å². The fraction of sp³-hybridized carbons (Fsp3) is 0.591. The van der Waals surface area contributed by atoms with Gasteiger partial charge in [-0.1, -0.05) is 6.42 Å². The highest BCUT2D eigenvalue weighted by molar-refractivity contribution is 6.21. The Morgan fingerprint density at radius 3 is 2.69 bits per heavy atom. The Morgan fingerprint density at radius 2 is 2.00 bits per heavy atom. The normalized spacial score (nSPS) is 26.0. The third-order valence-corrected chi connectivity index (χ3v) is 6.75. The molecule has 4 unspecified atom stereocenters. The van der Waals surface area contributed by atoms with Gasteiger partial charge in [-0.25, -0.2) is 4.79 Å². The Hall–Kier alpha value is -2.41. The molecule has 2 fully saturated rings. The molecule has 4 amide bonds. The van der Waals surface area contributed by atoms with Crippen LogP contribution in [0.3, 0.4) is 0 Å². The van der Waals surface area contributed by atoms with E-state index in [-0.39, 0.29) is 23.9 Å². The van der Waals surface area contributed by atoms with E-state index < -0.39 is 0 Å². The van der Waals surface area contributed by atoms with Crippen LogP contribution in [0.1, 0.15) is 59.7 Å². The largest absolute Gasteiger partial charge is 0.385 e. The number of fused-ring (bicyclic) bond motifs is 3. The fourth-order valence-electron chi connectivity index (χ4n) is 5.33. The summed E-state index contributed by atoms with van der Waals surface area (Å²) < 4.78 is 4.99. The average molecular weight is 399 g/mol. The number of nitrogens with one attached hydrogen (secondary N) is 2. The van der Waals surface area contributed by atoms with Crippen LogP contribution < -0.4 is 10.6 Å². The molecule has 7 nitrogen and oxygen atoms in total. The van der Waals surface area contributed by atoms with Gasteiger partial charge in [-0.2, -0.15) is 0 Å². The van der Waals surface area contributed by atoms with E-state index in [1.807, 2.05) is 0 Å². The Labute approximate surface area is 171 Å². The van der Waals surface area contributed by atoms with Gasteiger partial charge in [0.2, 0.25) is 0 Å². The lowest BCUT2D eigenvalue weighted by molar-refractivity contribution is 0.0638. The third-order valence-electron chi connectivity index (χ3n) is 6.75. The summed E-state index contributed by atoms with van der Waals surface area (Å²) in [5, 5.41) is 5.88. The van der Waals surface area contributed by atoms with Crippen LogP contribution >= 0.6 is 0 Å². The molecule has 0 spiro atoms. The number of imide groups is 1. The standard InChI is InChI=1S/C22H29N3O4/c1-13(18-11-14-4-5-15(18)10-14)23-22(28)24-16-6-7-17-19(12-16)21(27)25(20(17)26)8-3-9-29-2/h6-7,12-15,18H,3-5,8-11H2,1-2H3,(H2,23,24,28). The van der Waals surface area contributed by atoms with Crippen LogP contribution in [0.15, 0.2) is 18.2 Å². The lowest BCUT2D eigenvalue weighted by Gasteiger charge is -2.28. The zero-order chi connectivity index (χ0) is 20.5. The monoisotopic (exact) mass is 399 g/mol. The van der Waals surface area contributed by atoms with E-state index in [4.69, 9.17) is 4.74 Å². The number of rotatable bonds is 7. The fourth-order valence-corrected chi connectivity index (χ4v) is 5.33. The maximum atomic E-state index is 12.6. The lowest BCUT2D eigenvalue weighted by atomic mass is 9.84. The van der Waals surface area contributed by atoms with Crippen LogP contribution in [0.5, 0.6) is 0 Å². The van der Waals surface area contributed by atoms with E-state index in [1.54, 1.807) is 25.3 Å². The Bertz CT molecular complexity index is 824. The van der Waals surface area contributed by atoms with Gasteiger partial charge in [0.05, 0.1) is 11.1 Å². The number of carbonyl (C=O) groups excluding carboxylic acids is 3. The number of nitrogens with zero attached hydrogens (tertiary/aromatic N) is 1. The van der Waals surface area contributed by atoms with E-state index in [0.29, 0.717) is 42.3 Å². The lowest BCUT2D eigenvalue weighted by Crippen LogP contribution is -2.42. The number of carbonyl (C=O) groups is 3. The molecule has 0 aromatic heterocycles. The quantitative estimate of drug-likeness (QED) is 0.544. The number of methoxy groups -OCH3 is 1. The number of amides is 4. The van der Waals surface area contributed by atoms with Crippen molar-refractivity contribution in [3.8, 4) is 0 Å². The second kappa shape index (κ2) is 8.14. The molecule has 1 aliphatic heterocycles. The maximum absolute atomic E-state index is 12.6. The van der Waals surface area contributed by atoms with E-state index in [9.17, 15) is 14.4 Å². The molecule has 1 aromatic rings. The van der Waals surface area contributed by atoms with Crippen molar-refractivity contribution in [3.63, 3.8) is 0 Å². The predicted octanol–water partition coefficient (Wildman–Crippen LogP) is 3.27. The van der Waals surface area contributed by atoms with E-state index in [1.165, 1.54) is 30.6 Å². The minimum atomic E-state index is -0.319. The predicted molar refractivity (Wildman–Crippen MR) is 109 cm³/mol. The Kier molecular flexibility index (Phi) is 5.58. The van der Waals surface area contributed by atoms with Crippen LogP contribution in [0.2, 0.25) is 0 Å². The van der Waals surface area contributed by atoms with Crippen LogP contribution in [0.4, 0.5) is 10.5 Å². The molecule has 29 heavy (non-hydrogen) atoms. The molecule has 156 valence electrons. The molecule has 3 aliphatic rings. The first-order chi connectivity index (χ1) is 14.0. The zero-order valence-corrected chi connectivity index (χ0v) is 17.1.